The van der Waals surface area contributed by atoms with Crippen molar-refractivity contribution >= 4 is 45.3 Å². The second-order valence-electron chi connectivity index (χ2n) is 5.89. The molecule has 0 spiro atoms. The van der Waals surface area contributed by atoms with Crippen molar-refractivity contribution in [1.29, 1.82) is 0 Å². The highest BCUT2D eigenvalue weighted by Gasteiger charge is 2.11. The van der Waals surface area contributed by atoms with Gasteiger partial charge in [0.1, 0.15) is 10.7 Å². The summed E-state index contributed by atoms with van der Waals surface area (Å²) in [6.07, 6.45) is 5.45. The maximum Gasteiger partial charge on any atom is 0.205 e. The molecule has 0 bridgehead atoms. The standard InChI is InChI=1S/C19H13ClN6/c20-16-7-6-13-18(25-16)15(10-22-13)24-19-23-14-5-1-4-12(17(14)26-19)11-3-2-8-21-9-11/h1-10,22H,(H2,23,24,26). The van der Waals surface area contributed by atoms with Crippen molar-refractivity contribution in [2.45, 2.75) is 0 Å². The van der Waals surface area contributed by atoms with Crippen LogP contribution >= 0.6 is 11.6 Å². The van der Waals surface area contributed by atoms with Gasteiger partial charge in [0, 0.05) is 29.7 Å². The van der Waals surface area contributed by atoms with Crippen LogP contribution < -0.4 is 5.32 Å². The summed E-state index contributed by atoms with van der Waals surface area (Å²) in [6.45, 7) is 0. The van der Waals surface area contributed by atoms with Crippen LogP contribution in [-0.2, 0) is 0 Å². The maximum atomic E-state index is 6.02. The van der Waals surface area contributed by atoms with E-state index in [1.807, 2.05) is 48.8 Å². The second kappa shape index (κ2) is 5.86. The summed E-state index contributed by atoms with van der Waals surface area (Å²) in [5.74, 6) is 0.638. The number of aromatic amines is 2. The second-order valence-corrected chi connectivity index (χ2v) is 6.27. The highest BCUT2D eigenvalue weighted by Crippen LogP contribution is 2.30. The van der Waals surface area contributed by atoms with Crippen molar-refractivity contribution in [1.82, 2.24) is 24.9 Å². The van der Waals surface area contributed by atoms with Crippen LogP contribution in [0.5, 0.6) is 0 Å². The Bertz CT molecular complexity index is 1220. The predicted octanol–water partition coefficient (Wildman–Crippen LogP) is 4.90. The number of benzene rings is 1. The van der Waals surface area contributed by atoms with Crippen LogP contribution in [0, 0.1) is 0 Å². The highest BCUT2D eigenvalue weighted by molar-refractivity contribution is 6.29. The predicted molar refractivity (Wildman–Crippen MR) is 104 cm³/mol. The molecule has 1 aromatic carbocycles. The van der Waals surface area contributed by atoms with Crippen molar-refractivity contribution in [3.05, 3.63) is 66.2 Å². The van der Waals surface area contributed by atoms with E-state index in [9.17, 15) is 0 Å². The van der Waals surface area contributed by atoms with Crippen molar-refractivity contribution in [2.75, 3.05) is 5.32 Å². The molecule has 0 atom stereocenters. The number of pyridine rings is 2. The van der Waals surface area contributed by atoms with Crippen molar-refractivity contribution in [3.8, 4) is 11.1 Å². The largest absolute Gasteiger partial charge is 0.358 e. The molecular formula is C19H13ClN6. The lowest BCUT2D eigenvalue weighted by molar-refractivity contribution is 1.31. The summed E-state index contributed by atoms with van der Waals surface area (Å²) < 4.78 is 0. The number of imidazole rings is 1. The van der Waals surface area contributed by atoms with Crippen LogP contribution in [0.25, 0.3) is 33.2 Å². The molecule has 0 saturated heterocycles. The van der Waals surface area contributed by atoms with Gasteiger partial charge in [-0.3, -0.25) is 4.98 Å². The first-order valence-electron chi connectivity index (χ1n) is 8.08. The van der Waals surface area contributed by atoms with Gasteiger partial charge in [0.05, 0.1) is 22.2 Å². The Morgan fingerprint density at radius 2 is 1.88 bits per heavy atom. The third-order valence-electron chi connectivity index (χ3n) is 4.23. The van der Waals surface area contributed by atoms with Gasteiger partial charge in [0.15, 0.2) is 0 Å². The number of aromatic nitrogens is 5. The quantitative estimate of drug-likeness (QED) is 0.400. The molecular weight excluding hydrogens is 348 g/mol. The molecule has 4 aromatic heterocycles. The minimum Gasteiger partial charge on any atom is -0.358 e. The number of hydrogen-bond donors (Lipinski definition) is 3. The van der Waals surface area contributed by atoms with E-state index in [1.165, 1.54) is 0 Å². The van der Waals surface area contributed by atoms with Gasteiger partial charge in [-0.1, -0.05) is 29.8 Å². The first-order chi connectivity index (χ1) is 12.8. The first-order valence-corrected chi connectivity index (χ1v) is 8.45. The van der Waals surface area contributed by atoms with Gasteiger partial charge in [0.25, 0.3) is 0 Å². The van der Waals surface area contributed by atoms with Crippen LogP contribution in [0.15, 0.2) is 61.1 Å². The lowest BCUT2D eigenvalue weighted by Gasteiger charge is -2.01. The van der Waals surface area contributed by atoms with Gasteiger partial charge >= 0.3 is 0 Å². The monoisotopic (exact) mass is 360 g/mol. The molecule has 126 valence electrons. The molecule has 0 aliphatic carbocycles. The first kappa shape index (κ1) is 14.9. The van der Waals surface area contributed by atoms with Gasteiger partial charge in [-0.25, -0.2) is 9.97 Å². The molecule has 0 radical (unpaired) electrons. The molecule has 7 heteroatoms. The van der Waals surface area contributed by atoms with Crippen LogP contribution in [0.1, 0.15) is 0 Å². The third-order valence-corrected chi connectivity index (χ3v) is 4.44. The van der Waals surface area contributed by atoms with Gasteiger partial charge in [-0.2, -0.15) is 0 Å². The number of H-pyrrole nitrogens is 2. The van der Waals surface area contributed by atoms with Crippen LogP contribution in [0.4, 0.5) is 11.6 Å². The van der Waals surface area contributed by atoms with Gasteiger partial charge in [0.2, 0.25) is 5.95 Å². The number of nitrogens with one attached hydrogen (secondary N) is 3. The highest BCUT2D eigenvalue weighted by atomic mass is 35.5. The van der Waals surface area contributed by atoms with Crippen LogP contribution in [0.2, 0.25) is 5.15 Å². The number of para-hydroxylation sites is 1. The normalized spacial score (nSPS) is 11.3. The molecule has 5 aromatic rings. The van der Waals surface area contributed by atoms with Crippen molar-refractivity contribution in [3.63, 3.8) is 0 Å². The van der Waals surface area contributed by atoms with Crippen molar-refractivity contribution in [2.24, 2.45) is 0 Å². The van der Waals surface area contributed by atoms with Crippen LogP contribution in [0.3, 0.4) is 0 Å². The molecule has 0 aliphatic heterocycles. The molecule has 5 rings (SSSR count). The average molecular weight is 361 g/mol. The van der Waals surface area contributed by atoms with Crippen molar-refractivity contribution < 1.29 is 0 Å². The third kappa shape index (κ3) is 2.48. The Kier molecular flexibility index (Phi) is 3.36. The van der Waals surface area contributed by atoms with E-state index in [-0.39, 0.29) is 0 Å². The van der Waals surface area contributed by atoms with E-state index in [0.29, 0.717) is 11.1 Å². The van der Waals surface area contributed by atoms with Crippen LogP contribution in [-0.4, -0.2) is 24.9 Å². The summed E-state index contributed by atoms with van der Waals surface area (Å²) in [5, 5.41) is 3.74. The van der Waals surface area contributed by atoms with E-state index >= 15 is 0 Å². The molecule has 3 N–H and O–H groups in total. The Morgan fingerprint density at radius 1 is 0.923 bits per heavy atom. The van der Waals surface area contributed by atoms with Gasteiger partial charge < -0.3 is 15.3 Å². The Hall–Kier alpha value is -3.38. The number of anilines is 2. The van der Waals surface area contributed by atoms with E-state index in [1.54, 1.807) is 12.3 Å². The molecule has 0 fully saturated rings. The fourth-order valence-corrected chi connectivity index (χ4v) is 3.19. The maximum absolute atomic E-state index is 6.02. The minimum atomic E-state index is 0.448. The Labute approximate surface area is 153 Å². The summed E-state index contributed by atoms with van der Waals surface area (Å²) in [7, 11) is 0. The lowest BCUT2D eigenvalue weighted by Crippen LogP contribution is -1.92. The van der Waals surface area contributed by atoms with E-state index in [0.717, 1.165) is 38.9 Å². The van der Waals surface area contributed by atoms with E-state index in [4.69, 9.17) is 16.6 Å². The number of nitrogens with zero attached hydrogens (tertiary/aromatic N) is 3. The molecule has 0 saturated carbocycles. The zero-order valence-electron chi connectivity index (χ0n) is 13.5. The summed E-state index contributed by atoms with van der Waals surface area (Å²) in [5.41, 5.74) is 6.36. The zero-order chi connectivity index (χ0) is 17.5. The topological polar surface area (TPSA) is 82.3 Å². The molecule has 4 heterocycles. The Balaban J connectivity index is 1.59. The van der Waals surface area contributed by atoms with Gasteiger partial charge in [-0.05, 0) is 24.3 Å². The lowest BCUT2D eigenvalue weighted by atomic mass is 10.1. The fraction of sp³-hybridized carbons (Fsp3) is 0. The van der Waals surface area contributed by atoms with Gasteiger partial charge in [-0.15, -0.1) is 0 Å². The SMILES string of the molecule is Clc1ccc2[nH]cc(Nc3nc4c(-c5cccnc5)cccc4[nH]3)c2n1. The number of halogens is 1. The molecule has 26 heavy (non-hydrogen) atoms. The summed E-state index contributed by atoms with van der Waals surface area (Å²) >= 11 is 6.02. The number of fused-ring (bicyclic) bond motifs is 2. The number of rotatable bonds is 3. The summed E-state index contributed by atoms with van der Waals surface area (Å²) in [4.78, 5) is 19.8. The molecule has 0 unspecified atom stereocenters. The smallest absolute Gasteiger partial charge is 0.205 e. The molecule has 0 aliphatic rings. The molecule has 6 nitrogen and oxygen atoms in total. The van der Waals surface area contributed by atoms with E-state index in [2.05, 4.69) is 25.3 Å². The molecule has 0 amide bonds. The minimum absolute atomic E-state index is 0.448. The average Bonchev–Trinajstić information content (AvgIpc) is 3.26. The van der Waals surface area contributed by atoms with E-state index < -0.39 is 0 Å². The summed E-state index contributed by atoms with van der Waals surface area (Å²) in [6, 6.07) is 13.6. The number of hydrogen-bond acceptors (Lipinski definition) is 4. The fourth-order valence-electron chi connectivity index (χ4n) is 3.04. The zero-order valence-corrected chi connectivity index (χ0v) is 14.2. The Morgan fingerprint density at radius 3 is 2.77 bits per heavy atom.